The summed E-state index contributed by atoms with van der Waals surface area (Å²) in [4.78, 5) is 0. The van der Waals surface area contributed by atoms with Gasteiger partial charge in [0.15, 0.2) is 5.82 Å². The molecule has 132 valence electrons. The first-order chi connectivity index (χ1) is 13.1. The Balaban J connectivity index is 1.67. The predicted octanol–water partition coefficient (Wildman–Crippen LogP) is 3.81. The van der Waals surface area contributed by atoms with Crippen LogP contribution < -0.4 is 0 Å². The smallest absolute Gasteiger partial charge is 0.186 e. The maximum Gasteiger partial charge on any atom is 0.186 e. The van der Waals surface area contributed by atoms with Gasteiger partial charge < -0.3 is 0 Å². The van der Waals surface area contributed by atoms with Crippen molar-refractivity contribution in [2.45, 2.75) is 6.54 Å². The van der Waals surface area contributed by atoms with Gasteiger partial charge in [-0.1, -0.05) is 34.1 Å². The summed E-state index contributed by atoms with van der Waals surface area (Å²) in [5.74, 6) is 0.644. The molecule has 0 saturated carbocycles. The lowest BCUT2D eigenvalue weighted by Gasteiger charge is -2.04. The minimum Gasteiger partial charge on any atom is -0.239 e. The second-order valence-corrected chi connectivity index (χ2v) is 7.66. The molecule has 0 spiro atoms. The van der Waals surface area contributed by atoms with Crippen LogP contribution in [0, 0.1) is 15.0 Å². The van der Waals surface area contributed by atoms with Crippen LogP contribution in [-0.4, -0.2) is 30.0 Å². The third-order valence-electron chi connectivity index (χ3n) is 3.93. The van der Waals surface area contributed by atoms with Crippen LogP contribution in [-0.2, 0) is 6.54 Å². The van der Waals surface area contributed by atoms with Gasteiger partial charge in [0.05, 0.1) is 29.4 Å². The minimum atomic E-state index is 0.506. The van der Waals surface area contributed by atoms with E-state index >= 15 is 0 Å². The van der Waals surface area contributed by atoms with E-state index in [1.165, 1.54) is 0 Å². The Labute approximate surface area is 176 Å². The summed E-state index contributed by atoms with van der Waals surface area (Å²) in [5.41, 5.74) is 3.44. The standard InChI is InChI=1S/C18H11BrIN7/c19-14-2-1-3-15(8-14)26-11-16(17(20)23-26)18-22-24-25-27(18)10-13-6-4-12(9-21)5-7-13/h1-8,11H,10H2. The number of nitriles is 1. The molecular formula is C18H11BrIN7. The van der Waals surface area contributed by atoms with E-state index in [1.54, 1.807) is 16.8 Å². The second kappa shape index (κ2) is 7.58. The van der Waals surface area contributed by atoms with Crippen LogP contribution in [0.25, 0.3) is 17.1 Å². The van der Waals surface area contributed by atoms with E-state index in [1.807, 2.05) is 47.3 Å². The molecule has 0 saturated heterocycles. The lowest BCUT2D eigenvalue weighted by atomic mass is 10.1. The number of aromatic nitrogens is 6. The van der Waals surface area contributed by atoms with Gasteiger partial charge in [0.2, 0.25) is 0 Å². The molecule has 2 heterocycles. The zero-order valence-corrected chi connectivity index (χ0v) is 17.5. The van der Waals surface area contributed by atoms with Gasteiger partial charge in [-0.3, -0.25) is 0 Å². The van der Waals surface area contributed by atoms with Crippen molar-refractivity contribution >= 4 is 38.5 Å². The molecule has 0 N–H and O–H groups in total. The Morgan fingerprint density at radius 1 is 1.15 bits per heavy atom. The topological polar surface area (TPSA) is 85.2 Å². The third-order valence-corrected chi connectivity index (χ3v) is 5.22. The van der Waals surface area contributed by atoms with E-state index < -0.39 is 0 Å². The summed E-state index contributed by atoms with van der Waals surface area (Å²) in [5, 5.41) is 25.6. The summed E-state index contributed by atoms with van der Waals surface area (Å²) in [6.07, 6.45) is 1.92. The van der Waals surface area contributed by atoms with Crippen molar-refractivity contribution in [3.05, 3.63) is 74.0 Å². The normalized spacial score (nSPS) is 10.7. The van der Waals surface area contributed by atoms with Crippen molar-refractivity contribution in [1.82, 2.24) is 30.0 Å². The van der Waals surface area contributed by atoms with Gasteiger partial charge in [-0.15, -0.1) is 5.10 Å². The Morgan fingerprint density at radius 2 is 1.96 bits per heavy atom. The largest absolute Gasteiger partial charge is 0.239 e. The van der Waals surface area contributed by atoms with Gasteiger partial charge in [-0.25, -0.2) is 9.36 Å². The lowest BCUT2D eigenvalue weighted by Crippen LogP contribution is -2.04. The van der Waals surface area contributed by atoms with E-state index in [0.717, 1.165) is 25.0 Å². The second-order valence-electron chi connectivity index (χ2n) is 5.73. The van der Waals surface area contributed by atoms with E-state index in [0.29, 0.717) is 17.9 Å². The molecule has 0 fully saturated rings. The molecule has 0 aliphatic heterocycles. The maximum atomic E-state index is 8.92. The molecule has 0 radical (unpaired) electrons. The molecule has 2 aromatic carbocycles. The van der Waals surface area contributed by atoms with Gasteiger partial charge in [-0.2, -0.15) is 10.4 Å². The van der Waals surface area contributed by atoms with Crippen molar-refractivity contribution in [2.75, 3.05) is 0 Å². The van der Waals surface area contributed by atoms with E-state index in [2.05, 4.69) is 65.2 Å². The van der Waals surface area contributed by atoms with E-state index in [4.69, 9.17) is 5.26 Å². The highest BCUT2D eigenvalue weighted by atomic mass is 127. The minimum absolute atomic E-state index is 0.506. The summed E-state index contributed by atoms with van der Waals surface area (Å²) in [7, 11) is 0. The fraction of sp³-hybridized carbons (Fsp3) is 0.0556. The highest BCUT2D eigenvalue weighted by molar-refractivity contribution is 14.1. The van der Waals surface area contributed by atoms with E-state index in [-0.39, 0.29) is 0 Å². The highest BCUT2D eigenvalue weighted by Gasteiger charge is 2.17. The molecule has 2 aromatic heterocycles. The number of rotatable bonds is 4. The molecule has 4 rings (SSSR count). The molecule has 4 aromatic rings. The van der Waals surface area contributed by atoms with Gasteiger partial charge in [0.1, 0.15) is 3.70 Å². The average molecular weight is 532 g/mol. The van der Waals surface area contributed by atoms with E-state index in [9.17, 15) is 0 Å². The monoisotopic (exact) mass is 531 g/mol. The Morgan fingerprint density at radius 3 is 2.70 bits per heavy atom. The SMILES string of the molecule is N#Cc1ccc(Cn2nnnc2-c2cn(-c3cccc(Br)c3)nc2I)cc1. The fourth-order valence-corrected chi connectivity index (χ4v) is 3.62. The summed E-state index contributed by atoms with van der Waals surface area (Å²) in [6.45, 7) is 0.506. The molecule has 27 heavy (non-hydrogen) atoms. The molecule has 7 nitrogen and oxygen atoms in total. The van der Waals surface area contributed by atoms with Gasteiger partial charge in [0, 0.05) is 10.7 Å². The molecule has 9 heteroatoms. The molecule has 0 aliphatic carbocycles. The van der Waals surface area contributed by atoms with Crippen LogP contribution in [0.5, 0.6) is 0 Å². The lowest BCUT2D eigenvalue weighted by molar-refractivity contribution is 0.653. The van der Waals surface area contributed by atoms with Gasteiger partial charge >= 0.3 is 0 Å². The van der Waals surface area contributed by atoms with Crippen molar-refractivity contribution in [2.24, 2.45) is 0 Å². The molecule has 0 aliphatic rings. The van der Waals surface area contributed by atoms with Gasteiger partial charge in [0.25, 0.3) is 0 Å². The van der Waals surface area contributed by atoms with Crippen LogP contribution in [0.2, 0.25) is 0 Å². The fourth-order valence-electron chi connectivity index (χ4n) is 2.62. The average Bonchev–Trinajstić information content (AvgIpc) is 3.28. The quantitative estimate of drug-likeness (QED) is 0.374. The third kappa shape index (κ3) is 3.77. The van der Waals surface area contributed by atoms with Crippen molar-refractivity contribution in [3.8, 4) is 23.1 Å². The number of tetrazole rings is 1. The van der Waals surface area contributed by atoms with Crippen LogP contribution in [0.1, 0.15) is 11.1 Å². The summed E-state index contributed by atoms with van der Waals surface area (Å²) in [6, 6.07) is 17.4. The van der Waals surface area contributed by atoms with Crippen molar-refractivity contribution < 1.29 is 0 Å². The Kier molecular flexibility index (Phi) is 5.00. The predicted molar refractivity (Wildman–Crippen MR) is 111 cm³/mol. The first kappa shape index (κ1) is 17.8. The number of benzene rings is 2. The first-order valence-corrected chi connectivity index (χ1v) is 9.78. The van der Waals surface area contributed by atoms with Crippen molar-refractivity contribution in [1.29, 1.82) is 5.26 Å². The number of nitrogens with zero attached hydrogens (tertiary/aromatic N) is 7. The van der Waals surface area contributed by atoms with Crippen LogP contribution >= 0.6 is 38.5 Å². The molecule has 0 amide bonds. The number of halogens is 2. The summed E-state index contributed by atoms with van der Waals surface area (Å²) < 4.78 is 5.33. The zero-order valence-electron chi connectivity index (χ0n) is 13.8. The van der Waals surface area contributed by atoms with Crippen LogP contribution in [0.15, 0.2) is 59.2 Å². The Hall–Kier alpha value is -2.58. The summed E-state index contributed by atoms with van der Waals surface area (Å²) >= 11 is 5.67. The molecule has 0 bridgehead atoms. The maximum absolute atomic E-state index is 8.92. The highest BCUT2D eigenvalue weighted by Crippen LogP contribution is 2.25. The van der Waals surface area contributed by atoms with Crippen LogP contribution in [0.3, 0.4) is 0 Å². The number of hydrogen-bond acceptors (Lipinski definition) is 5. The number of hydrogen-bond donors (Lipinski definition) is 0. The zero-order chi connectivity index (χ0) is 18.8. The molecule has 0 atom stereocenters. The molecular weight excluding hydrogens is 521 g/mol. The van der Waals surface area contributed by atoms with Crippen molar-refractivity contribution in [3.63, 3.8) is 0 Å². The molecule has 0 unspecified atom stereocenters. The first-order valence-electron chi connectivity index (χ1n) is 7.91. The van der Waals surface area contributed by atoms with Crippen LogP contribution in [0.4, 0.5) is 0 Å². The Bertz CT molecular complexity index is 1140. The van der Waals surface area contributed by atoms with Gasteiger partial charge in [-0.05, 0) is 68.9 Å².